The summed E-state index contributed by atoms with van der Waals surface area (Å²) < 4.78 is 63.7. The van der Waals surface area contributed by atoms with E-state index in [-0.39, 0.29) is 32.5 Å². The summed E-state index contributed by atoms with van der Waals surface area (Å²) in [6, 6.07) is 6.12. The third kappa shape index (κ3) is 6.12. The molecule has 210 valence electrons. The van der Waals surface area contributed by atoms with Crippen LogP contribution in [0.2, 0.25) is 0 Å². The number of rotatable bonds is 3. The van der Waals surface area contributed by atoms with E-state index in [1.165, 1.54) is 28.1 Å². The molecule has 1 unspecified atom stereocenters. The van der Waals surface area contributed by atoms with Crippen LogP contribution in [0.3, 0.4) is 0 Å². The lowest BCUT2D eigenvalue weighted by Crippen LogP contribution is -2.59. The third-order valence-corrected chi connectivity index (χ3v) is 7.12. The average molecular weight is 554 g/mol. The van der Waals surface area contributed by atoms with E-state index >= 15 is 0 Å². The molecule has 0 spiro atoms. The Kier molecular flexibility index (Phi) is 7.80. The molecular formula is C26H28F5N5O3. The zero-order valence-corrected chi connectivity index (χ0v) is 21.1. The molecule has 1 aromatic heterocycles. The molecule has 13 heteroatoms. The van der Waals surface area contributed by atoms with Crippen LogP contribution in [0.1, 0.15) is 44.1 Å². The standard InChI is InChI=1S/C20H24F3N5O3.C6H4F2/c1-11-10-27(6-7-28(11)18(31)19(4-5-19)20(21,22)23)17(30)16(29)26-13-8-14(12-2-3-12)15(24)25-9-13;7-5-3-1-2-4-6(5)8/h8-9,11-12H,2-7,10H2,1H3,(H2,24,25)(H,26,29);1-4H. The topological polar surface area (TPSA) is 109 Å². The van der Waals surface area contributed by atoms with E-state index in [1.807, 2.05) is 0 Å². The van der Waals surface area contributed by atoms with Crippen LogP contribution in [-0.2, 0) is 14.4 Å². The molecule has 2 aromatic rings. The van der Waals surface area contributed by atoms with Crippen molar-refractivity contribution in [2.45, 2.75) is 50.7 Å². The number of pyridine rings is 1. The first-order valence-electron chi connectivity index (χ1n) is 12.5. The van der Waals surface area contributed by atoms with Crippen LogP contribution in [0.15, 0.2) is 36.5 Å². The predicted octanol–water partition coefficient (Wildman–Crippen LogP) is 3.85. The average Bonchev–Trinajstić information content (AvgIpc) is 3.80. The van der Waals surface area contributed by atoms with Gasteiger partial charge in [-0.15, -0.1) is 0 Å². The molecule has 2 heterocycles. The van der Waals surface area contributed by atoms with Crippen molar-refractivity contribution in [2.24, 2.45) is 5.41 Å². The highest BCUT2D eigenvalue weighted by Gasteiger charge is 2.69. The minimum atomic E-state index is -4.58. The first-order valence-corrected chi connectivity index (χ1v) is 12.5. The van der Waals surface area contributed by atoms with Gasteiger partial charge in [0.25, 0.3) is 0 Å². The van der Waals surface area contributed by atoms with E-state index in [2.05, 4.69) is 10.3 Å². The number of piperazine rings is 1. The number of benzene rings is 1. The smallest absolute Gasteiger partial charge is 0.383 e. The summed E-state index contributed by atoms with van der Waals surface area (Å²) in [7, 11) is 0. The van der Waals surface area contributed by atoms with Gasteiger partial charge in [0.1, 0.15) is 11.2 Å². The molecule has 2 aliphatic carbocycles. The summed E-state index contributed by atoms with van der Waals surface area (Å²) in [6.07, 6.45) is -1.62. The molecule has 0 radical (unpaired) electrons. The Bertz CT molecular complexity index is 1240. The molecule has 0 bridgehead atoms. The van der Waals surface area contributed by atoms with Crippen LogP contribution in [0.25, 0.3) is 0 Å². The number of nitrogens with zero attached hydrogens (tertiary/aromatic N) is 3. The lowest BCUT2D eigenvalue weighted by Gasteiger charge is -2.41. The molecule has 3 N–H and O–H groups in total. The summed E-state index contributed by atoms with van der Waals surface area (Å²) in [5.41, 5.74) is 4.76. The maximum atomic E-state index is 13.3. The van der Waals surface area contributed by atoms with Crippen molar-refractivity contribution in [3.8, 4) is 0 Å². The minimum absolute atomic E-state index is 0.0103. The first kappa shape index (κ1) is 28.2. The molecule has 2 saturated carbocycles. The summed E-state index contributed by atoms with van der Waals surface area (Å²) in [4.78, 5) is 44.0. The number of amides is 3. The molecule has 1 aliphatic heterocycles. The molecule has 1 atom stereocenters. The number of anilines is 2. The number of nitrogen functional groups attached to an aromatic ring is 1. The highest BCUT2D eigenvalue weighted by Crippen LogP contribution is 2.58. The number of hydrogen-bond donors (Lipinski definition) is 2. The molecule has 3 aliphatic rings. The Balaban J connectivity index is 0.000000379. The Morgan fingerprint density at radius 2 is 1.69 bits per heavy atom. The molecule has 5 rings (SSSR count). The Morgan fingerprint density at radius 3 is 2.18 bits per heavy atom. The molecule has 3 fully saturated rings. The van der Waals surface area contributed by atoms with Gasteiger partial charge < -0.3 is 20.9 Å². The fourth-order valence-electron chi connectivity index (χ4n) is 4.51. The van der Waals surface area contributed by atoms with Crippen LogP contribution in [-0.4, -0.2) is 64.4 Å². The number of halogens is 5. The number of nitrogens with two attached hydrogens (primary N) is 1. The second-order valence-corrected chi connectivity index (χ2v) is 10.0. The van der Waals surface area contributed by atoms with Crippen LogP contribution in [0.4, 0.5) is 33.5 Å². The third-order valence-electron chi connectivity index (χ3n) is 7.12. The van der Waals surface area contributed by atoms with Crippen LogP contribution < -0.4 is 11.1 Å². The quantitative estimate of drug-likeness (QED) is 0.444. The van der Waals surface area contributed by atoms with Gasteiger partial charge in [0.05, 0.1) is 11.9 Å². The van der Waals surface area contributed by atoms with Gasteiger partial charge in [0.15, 0.2) is 11.6 Å². The van der Waals surface area contributed by atoms with Gasteiger partial charge >= 0.3 is 18.0 Å². The van der Waals surface area contributed by atoms with E-state index in [4.69, 9.17) is 5.73 Å². The normalized spacial score (nSPS) is 20.0. The van der Waals surface area contributed by atoms with Gasteiger partial charge in [-0.3, -0.25) is 14.4 Å². The summed E-state index contributed by atoms with van der Waals surface area (Å²) in [6.45, 7) is 1.50. The van der Waals surface area contributed by atoms with Gasteiger partial charge in [-0.05, 0) is 62.3 Å². The lowest BCUT2D eigenvalue weighted by molar-refractivity contribution is -0.201. The van der Waals surface area contributed by atoms with Crippen molar-refractivity contribution in [2.75, 3.05) is 30.7 Å². The monoisotopic (exact) mass is 553 g/mol. The highest BCUT2D eigenvalue weighted by atomic mass is 19.4. The second-order valence-electron chi connectivity index (χ2n) is 10.0. The van der Waals surface area contributed by atoms with Crippen LogP contribution in [0.5, 0.6) is 0 Å². The Labute approximate surface area is 221 Å². The zero-order chi connectivity index (χ0) is 28.5. The van der Waals surface area contributed by atoms with Gasteiger partial charge in [0.2, 0.25) is 5.91 Å². The fourth-order valence-corrected chi connectivity index (χ4v) is 4.51. The largest absolute Gasteiger partial charge is 0.403 e. The van der Waals surface area contributed by atoms with E-state index in [0.717, 1.165) is 30.5 Å². The number of carbonyl (C=O) groups is 3. The molecule has 1 saturated heterocycles. The Morgan fingerprint density at radius 1 is 1.08 bits per heavy atom. The molecule has 39 heavy (non-hydrogen) atoms. The van der Waals surface area contributed by atoms with Crippen molar-refractivity contribution in [1.29, 1.82) is 0 Å². The second kappa shape index (κ2) is 10.8. The minimum Gasteiger partial charge on any atom is -0.383 e. The molecule has 8 nitrogen and oxygen atoms in total. The number of nitrogens with one attached hydrogen (secondary N) is 1. The zero-order valence-electron chi connectivity index (χ0n) is 21.1. The van der Waals surface area contributed by atoms with E-state index < -0.39 is 47.0 Å². The van der Waals surface area contributed by atoms with Crippen molar-refractivity contribution in [3.05, 3.63) is 53.7 Å². The summed E-state index contributed by atoms with van der Waals surface area (Å²) in [5.74, 6) is -3.49. The van der Waals surface area contributed by atoms with Crippen molar-refractivity contribution in [1.82, 2.24) is 14.8 Å². The Hall–Kier alpha value is -3.77. The molecule has 1 aromatic carbocycles. The summed E-state index contributed by atoms with van der Waals surface area (Å²) >= 11 is 0. The maximum absolute atomic E-state index is 13.3. The van der Waals surface area contributed by atoms with Crippen molar-refractivity contribution >= 4 is 29.2 Å². The maximum Gasteiger partial charge on any atom is 0.403 e. The number of alkyl halides is 3. The van der Waals surface area contributed by atoms with Gasteiger partial charge in [-0.2, -0.15) is 13.2 Å². The van der Waals surface area contributed by atoms with Crippen molar-refractivity contribution in [3.63, 3.8) is 0 Å². The fraction of sp³-hybridized carbons (Fsp3) is 0.462. The summed E-state index contributed by atoms with van der Waals surface area (Å²) in [5, 5.41) is 2.51. The van der Waals surface area contributed by atoms with E-state index in [1.54, 1.807) is 13.0 Å². The predicted molar refractivity (Wildman–Crippen MR) is 131 cm³/mol. The van der Waals surface area contributed by atoms with Crippen LogP contribution >= 0.6 is 0 Å². The first-order chi connectivity index (χ1) is 18.3. The van der Waals surface area contributed by atoms with Crippen molar-refractivity contribution < 1.29 is 36.3 Å². The lowest BCUT2D eigenvalue weighted by atomic mass is 10.0. The number of hydrogen-bond acceptors (Lipinski definition) is 5. The molecular weight excluding hydrogens is 525 g/mol. The van der Waals surface area contributed by atoms with Gasteiger partial charge in [-0.25, -0.2) is 13.8 Å². The van der Waals surface area contributed by atoms with E-state index in [0.29, 0.717) is 17.4 Å². The highest BCUT2D eigenvalue weighted by molar-refractivity contribution is 6.39. The SMILES string of the molecule is CC1CN(C(=O)C(=O)Nc2cnc(N)c(C3CC3)c2)CCN1C(=O)C1(C(F)(F)F)CC1.Fc1ccccc1F. The van der Waals surface area contributed by atoms with Gasteiger partial charge in [0, 0.05) is 25.7 Å². The van der Waals surface area contributed by atoms with Crippen LogP contribution in [0, 0.1) is 17.0 Å². The molecule has 3 amide bonds. The van der Waals surface area contributed by atoms with E-state index in [9.17, 15) is 36.3 Å². The number of aromatic nitrogens is 1. The van der Waals surface area contributed by atoms with Gasteiger partial charge in [-0.1, -0.05) is 12.1 Å². The number of carbonyl (C=O) groups excluding carboxylic acids is 3.